The molecule has 2 aromatic heterocycles. The molecule has 1 fully saturated rings. The average Bonchev–Trinajstić information content (AvgIpc) is 3.31. The van der Waals surface area contributed by atoms with E-state index in [2.05, 4.69) is 30.5 Å². The maximum atomic E-state index is 12.8. The van der Waals surface area contributed by atoms with Crippen molar-refractivity contribution in [1.82, 2.24) is 20.3 Å². The van der Waals surface area contributed by atoms with E-state index >= 15 is 0 Å². The van der Waals surface area contributed by atoms with Crippen molar-refractivity contribution in [2.24, 2.45) is 5.92 Å². The van der Waals surface area contributed by atoms with Gasteiger partial charge in [0.1, 0.15) is 10.8 Å². The highest BCUT2D eigenvalue weighted by Crippen LogP contribution is 2.40. The Morgan fingerprint density at radius 3 is 2.60 bits per heavy atom. The van der Waals surface area contributed by atoms with Gasteiger partial charge in [0.05, 0.1) is 33.8 Å². The number of anilines is 3. The second-order valence-corrected chi connectivity index (χ2v) is 9.11. The molecule has 2 N–H and O–H groups in total. The molecule has 1 saturated heterocycles. The van der Waals surface area contributed by atoms with Gasteiger partial charge in [0.25, 0.3) is 0 Å². The number of thiazole rings is 1. The molecule has 1 unspecified atom stereocenters. The number of rotatable bonds is 9. The van der Waals surface area contributed by atoms with E-state index in [1.165, 1.54) is 0 Å². The van der Waals surface area contributed by atoms with Crippen molar-refractivity contribution in [1.29, 1.82) is 0 Å². The lowest BCUT2D eigenvalue weighted by Crippen LogP contribution is -2.43. The molecule has 35 heavy (non-hydrogen) atoms. The highest BCUT2D eigenvalue weighted by Gasteiger charge is 2.27. The normalized spacial score (nSPS) is 15.4. The number of aromatic nitrogens is 3. The SMILES string of the molecule is COc1cc(Nc2nccc(N3CCCC(C(=O)NCc4nc(C)cs4)C3)n2)cc(OC)c1OC. The van der Waals surface area contributed by atoms with E-state index in [4.69, 9.17) is 14.2 Å². The predicted octanol–water partition coefficient (Wildman–Crippen LogP) is 3.54. The number of carbonyl (C=O) groups excluding carboxylic acids is 1. The van der Waals surface area contributed by atoms with Gasteiger partial charge in [-0.25, -0.2) is 9.97 Å². The lowest BCUT2D eigenvalue weighted by molar-refractivity contribution is -0.125. The van der Waals surface area contributed by atoms with E-state index in [9.17, 15) is 4.79 Å². The van der Waals surface area contributed by atoms with Crippen LogP contribution in [0.3, 0.4) is 0 Å². The molecule has 0 bridgehead atoms. The minimum absolute atomic E-state index is 0.0485. The van der Waals surface area contributed by atoms with Gasteiger partial charge in [-0.05, 0) is 25.8 Å². The zero-order chi connectivity index (χ0) is 24.8. The number of methoxy groups -OCH3 is 3. The zero-order valence-electron chi connectivity index (χ0n) is 20.3. The maximum absolute atomic E-state index is 12.8. The number of aryl methyl sites for hydroxylation is 1. The Labute approximate surface area is 208 Å². The van der Waals surface area contributed by atoms with Crippen molar-refractivity contribution in [2.45, 2.75) is 26.3 Å². The van der Waals surface area contributed by atoms with E-state index in [0.717, 1.165) is 35.9 Å². The Balaban J connectivity index is 1.43. The van der Waals surface area contributed by atoms with Gasteiger partial charge in [-0.1, -0.05) is 0 Å². The minimum Gasteiger partial charge on any atom is -0.493 e. The molecular formula is C24H30N6O4S. The average molecular weight is 499 g/mol. The van der Waals surface area contributed by atoms with Gasteiger partial charge >= 0.3 is 0 Å². The monoisotopic (exact) mass is 498 g/mol. The highest BCUT2D eigenvalue weighted by atomic mass is 32.1. The number of hydrogen-bond acceptors (Lipinski definition) is 10. The van der Waals surface area contributed by atoms with Gasteiger partial charge in [0, 0.05) is 48.2 Å². The van der Waals surface area contributed by atoms with Crippen LogP contribution in [0.15, 0.2) is 29.8 Å². The van der Waals surface area contributed by atoms with Crippen LogP contribution in [-0.4, -0.2) is 55.3 Å². The number of nitrogens with one attached hydrogen (secondary N) is 2. The Bertz CT molecular complexity index is 1150. The van der Waals surface area contributed by atoms with Gasteiger partial charge in [0.15, 0.2) is 11.5 Å². The van der Waals surface area contributed by atoms with Gasteiger partial charge in [-0.15, -0.1) is 11.3 Å². The van der Waals surface area contributed by atoms with Gasteiger partial charge in [0.2, 0.25) is 17.6 Å². The highest BCUT2D eigenvalue weighted by molar-refractivity contribution is 7.09. The second kappa shape index (κ2) is 11.2. The quantitative estimate of drug-likeness (QED) is 0.458. The fourth-order valence-corrected chi connectivity index (χ4v) is 4.77. The van der Waals surface area contributed by atoms with Crippen molar-refractivity contribution < 1.29 is 19.0 Å². The summed E-state index contributed by atoms with van der Waals surface area (Å²) in [7, 11) is 4.70. The molecule has 10 nitrogen and oxygen atoms in total. The van der Waals surface area contributed by atoms with Crippen LogP contribution in [0.4, 0.5) is 17.5 Å². The number of nitrogens with zero attached hydrogens (tertiary/aromatic N) is 4. The molecule has 0 radical (unpaired) electrons. The van der Waals surface area contributed by atoms with Crippen LogP contribution in [0.1, 0.15) is 23.5 Å². The molecule has 0 aliphatic carbocycles. The predicted molar refractivity (Wildman–Crippen MR) is 135 cm³/mol. The summed E-state index contributed by atoms with van der Waals surface area (Å²) < 4.78 is 16.2. The van der Waals surface area contributed by atoms with Crippen LogP contribution in [0.25, 0.3) is 0 Å². The Morgan fingerprint density at radius 2 is 1.94 bits per heavy atom. The summed E-state index contributed by atoms with van der Waals surface area (Å²) in [5.41, 5.74) is 1.67. The third-order valence-electron chi connectivity index (χ3n) is 5.76. The van der Waals surface area contributed by atoms with Crippen molar-refractivity contribution in [2.75, 3.05) is 44.6 Å². The smallest absolute Gasteiger partial charge is 0.229 e. The summed E-state index contributed by atoms with van der Waals surface area (Å²) in [6.07, 6.45) is 3.46. The van der Waals surface area contributed by atoms with Crippen LogP contribution in [-0.2, 0) is 11.3 Å². The summed E-state index contributed by atoms with van der Waals surface area (Å²) in [6.45, 7) is 3.84. The summed E-state index contributed by atoms with van der Waals surface area (Å²) in [6, 6.07) is 5.45. The molecule has 0 spiro atoms. The molecule has 3 heterocycles. The molecule has 1 aliphatic heterocycles. The summed E-state index contributed by atoms with van der Waals surface area (Å²) in [5.74, 6) is 2.72. The van der Waals surface area contributed by atoms with Crippen LogP contribution in [0.2, 0.25) is 0 Å². The molecule has 1 aromatic carbocycles. The Morgan fingerprint density at radius 1 is 1.17 bits per heavy atom. The molecular weight excluding hydrogens is 468 g/mol. The summed E-state index contributed by atoms with van der Waals surface area (Å²) >= 11 is 1.56. The Hall–Kier alpha value is -3.60. The first kappa shape index (κ1) is 24.5. The van der Waals surface area contributed by atoms with Crippen LogP contribution in [0, 0.1) is 12.8 Å². The molecule has 1 atom stereocenters. The molecule has 186 valence electrons. The molecule has 11 heteroatoms. The largest absolute Gasteiger partial charge is 0.493 e. The van der Waals surface area contributed by atoms with Crippen molar-refractivity contribution in [3.8, 4) is 17.2 Å². The molecule has 1 aliphatic rings. The van der Waals surface area contributed by atoms with Crippen molar-refractivity contribution >= 4 is 34.7 Å². The standard InChI is InChI=1S/C24H30N6O4S/c1-15-14-35-21(27-15)12-26-23(31)16-6-5-9-30(13-16)20-7-8-25-24(29-20)28-17-10-18(32-2)22(34-4)19(11-17)33-3/h7-8,10-11,14,16H,5-6,9,12-13H2,1-4H3,(H,26,31)(H,25,28,29). The first-order valence-corrected chi connectivity index (χ1v) is 12.2. The van der Waals surface area contributed by atoms with E-state index in [1.807, 2.05) is 18.4 Å². The number of ether oxygens (including phenoxy) is 3. The third-order valence-corrected chi connectivity index (χ3v) is 6.73. The van der Waals surface area contributed by atoms with Crippen LogP contribution in [0.5, 0.6) is 17.2 Å². The number of hydrogen-bond donors (Lipinski definition) is 2. The van der Waals surface area contributed by atoms with E-state index in [1.54, 1.807) is 51.0 Å². The molecule has 4 rings (SSSR count). The number of piperidine rings is 1. The van der Waals surface area contributed by atoms with Crippen molar-refractivity contribution in [3.05, 3.63) is 40.5 Å². The maximum Gasteiger partial charge on any atom is 0.229 e. The summed E-state index contributed by atoms with van der Waals surface area (Å²) in [5, 5.41) is 9.15. The van der Waals surface area contributed by atoms with Crippen LogP contribution < -0.4 is 29.7 Å². The van der Waals surface area contributed by atoms with E-state index < -0.39 is 0 Å². The first-order valence-electron chi connectivity index (χ1n) is 11.3. The van der Waals surface area contributed by atoms with Gasteiger partial charge in [-0.2, -0.15) is 4.98 Å². The lowest BCUT2D eigenvalue weighted by Gasteiger charge is -2.32. The number of amides is 1. The Kier molecular flexibility index (Phi) is 7.86. The topological polar surface area (TPSA) is 111 Å². The molecule has 3 aromatic rings. The third kappa shape index (κ3) is 5.91. The van der Waals surface area contributed by atoms with Crippen LogP contribution >= 0.6 is 11.3 Å². The van der Waals surface area contributed by atoms with E-state index in [0.29, 0.717) is 42.0 Å². The van der Waals surface area contributed by atoms with Gasteiger partial charge in [-0.3, -0.25) is 4.79 Å². The lowest BCUT2D eigenvalue weighted by atomic mass is 9.97. The minimum atomic E-state index is -0.105. The van der Waals surface area contributed by atoms with Crippen molar-refractivity contribution in [3.63, 3.8) is 0 Å². The summed E-state index contributed by atoms with van der Waals surface area (Å²) in [4.78, 5) is 28.4. The van der Waals surface area contributed by atoms with E-state index in [-0.39, 0.29) is 11.8 Å². The fourth-order valence-electron chi connectivity index (χ4n) is 4.06. The first-order chi connectivity index (χ1) is 17.0. The zero-order valence-corrected chi connectivity index (χ0v) is 21.1. The molecule has 1 amide bonds. The molecule has 0 saturated carbocycles. The fraction of sp³-hybridized carbons (Fsp3) is 0.417. The number of benzene rings is 1. The van der Waals surface area contributed by atoms with Gasteiger partial charge < -0.3 is 29.7 Å². The second-order valence-electron chi connectivity index (χ2n) is 8.16. The number of carbonyl (C=O) groups is 1.